The zero-order chi connectivity index (χ0) is 52.0. The first-order valence-electron chi connectivity index (χ1n) is 26.7. The monoisotopic (exact) mass is 1030 g/mol. The van der Waals surface area contributed by atoms with Crippen LogP contribution in [0.15, 0.2) is 59.7 Å². The van der Waals surface area contributed by atoms with E-state index in [1.54, 1.807) is 36.7 Å². The second kappa shape index (κ2) is 21.5. The van der Waals surface area contributed by atoms with Gasteiger partial charge in [-0.25, -0.2) is 23.7 Å². The van der Waals surface area contributed by atoms with E-state index in [2.05, 4.69) is 89.1 Å². The van der Waals surface area contributed by atoms with Crippen molar-refractivity contribution in [2.75, 3.05) is 55.6 Å². The molecule has 5 aliphatic rings. The van der Waals surface area contributed by atoms with Gasteiger partial charge in [-0.2, -0.15) is 10.4 Å². The molecule has 6 atom stereocenters. The van der Waals surface area contributed by atoms with Gasteiger partial charge in [-0.3, -0.25) is 14.4 Å². The van der Waals surface area contributed by atoms with E-state index >= 15 is 0 Å². The maximum absolute atomic E-state index is 14.8. The van der Waals surface area contributed by atoms with Crippen molar-refractivity contribution in [3.63, 3.8) is 0 Å². The number of epoxide rings is 1. The van der Waals surface area contributed by atoms with E-state index in [4.69, 9.17) is 40.6 Å². The van der Waals surface area contributed by atoms with Gasteiger partial charge in [-0.05, 0) is 93.0 Å². The molecule has 3 aromatic heterocycles. The van der Waals surface area contributed by atoms with Crippen molar-refractivity contribution in [3.05, 3.63) is 93.8 Å². The fourth-order valence-electron chi connectivity index (χ4n) is 12.6. The zero-order valence-electron chi connectivity index (χ0n) is 43.7. The average molecular weight is 1030 g/mol. The largest absolute Gasteiger partial charge is 0.490 e. The third-order valence-electron chi connectivity index (χ3n) is 16.9. The van der Waals surface area contributed by atoms with E-state index < -0.39 is 11.8 Å². The second-order valence-corrected chi connectivity index (χ2v) is 22.4. The molecule has 1 N–H and O–H groups in total. The number of likely N-dealkylation sites (tertiary alicyclic amines) is 1. The Balaban J connectivity index is 0.770. The maximum atomic E-state index is 14.8. The lowest BCUT2D eigenvalue weighted by molar-refractivity contribution is 0.0356. The minimum atomic E-state index is -2.68. The normalized spacial score (nSPS) is 23.5. The number of aromatic nitrogens is 5. The molecular formula is C56H70ClF2N11O4. The molecule has 5 aromatic rings. The summed E-state index contributed by atoms with van der Waals surface area (Å²) < 4.78 is 49.7. The van der Waals surface area contributed by atoms with Crippen LogP contribution in [0.25, 0.3) is 11.3 Å². The Bertz CT molecular complexity index is 2820. The smallest absolute Gasteiger partial charge is 0.264 e. The predicted molar refractivity (Wildman–Crippen MR) is 280 cm³/mol. The van der Waals surface area contributed by atoms with Gasteiger partial charge >= 0.3 is 0 Å². The highest BCUT2D eigenvalue weighted by Gasteiger charge is 2.44. The highest BCUT2D eigenvalue weighted by Crippen LogP contribution is 2.45. The standard InChI is InChI=1S/C56H70ClF2N11O4/c1-8-49(56(6,7)50(9-2)74-40-13-12-37(24-60)45(57)22-40)64-53(71)38-25-62-55(63-26-38)68-28-33(3)43(34(4)29-68)30-66-18-14-39(15-19-66)70-46-16-20-67(54-35(5)73-54)31-44(46)52(65-70)69-17-10-11-36-21-41(48-27-61-32-72-48)42(51(58)59)23-47(36)69/h12-13,21-23,25-27,32-35,39,43,49-51,54H,8-11,14-20,28-31H2,1-7H3,(H,64,71)/t33?,34?,35?,43?,49?,50-,54?/m0/s1. The first-order valence-corrected chi connectivity index (χ1v) is 27.1. The number of piperidine rings is 2. The number of carbonyl (C=O) groups excluding carboxylic acids is 1. The Morgan fingerprint density at radius 1 is 1.00 bits per heavy atom. The van der Waals surface area contributed by atoms with E-state index in [0.717, 1.165) is 95.0 Å². The summed E-state index contributed by atoms with van der Waals surface area (Å²) >= 11 is 6.31. The Morgan fingerprint density at radius 2 is 1.74 bits per heavy atom. The minimum absolute atomic E-state index is 0.0579. The molecule has 0 spiro atoms. The van der Waals surface area contributed by atoms with Crippen LogP contribution < -0.4 is 19.9 Å². The van der Waals surface area contributed by atoms with Crippen LogP contribution in [0, 0.1) is 34.5 Å². The van der Waals surface area contributed by atoms with Crippen LogP contribution in [-0.4, -0.2) is 111 Å². The molecule has 8 heterocycles. The fourth-order valence-corrected chi connectivity index (χ4v) is 12.8. The summed E-state index contributed by atoms with van der Waals surface area (Å²) in [5.74, 6) is 3.51. The molecule has 0 bridgehead atoms. The van der Waals surface area contributed by atoms with Gasteiger partial charge in [0.1, 0.15) is 24.2 Å². The van der Waals surface area contributed by atoms with Crippen LogP contribution in [0.5, 0.6) is 5.75 Å². The summed E-state index contributed by atoms with van der Waals surface area (Å²) in [5.41, 5.74) is 4.95. The highest BCUT2D eigenvalue weighted by atomic mass is 35.5. The summed E-state index contributed by atoms with van der Waals surface area (Å²) in [4.78, 5) is 36.7. The molecule has 5 aliphatic heterocycles. The van der Waals surface area contributed by atoms with Gasteiger partial charge in [-0.15, -0.1) is 0 Å². The van der Waals surface area contributed by atoms with Crippen molar-refractivity contribution >= 4 is 35.0 Å². The molecule has 15 nitrogen and oxygen atoms in total. The number of rotatable bonds is 16. The highest BCUT2D eigenvalue weighted by molar-refractivity contribution is 6.31. The molecule has 74 heavy (non-hydrogen) atoms. The van der Waals surface area contributed by atoms with Crippen molar-refractivity contribution < 1.29 is 27.5 Å². The summed E-state index contributed by atoms with van der Waals surface area (Å²) in [6.45, 7) is 22.0. The maximum Gasteiger partial charge on any atom is 0.264 e. The van der Waals surface area contributed by atoms with Crippen LogP contribution in [0.4, 0.5) is 26.2 Å². The van der Waals surface area contributed by atoms with E-state index in [0.29, 0.717) is 76.3 Å². The number of hydrogen-bond donors (Lipinski definition) is 1. The molecular weight excluding hydrogens is 964 g/mol. The predicted octanol–water partition coefficient (Wildman–Crippen LogP) is 10.4. The number of hydrogen-bond acceptors (Lipinski definition) is 13. The Morgan fingerprint density at radius 3 is 2.38 bits per heavy atom. The lowest BCUT2D eigenvalue weighted by Gasteiger charge is -2.44. The van der Waals surface area contributed by atoms with Crippen LogP contribution in [0.1, 0.15) is 131 Å². The SMILES string of the molecule is CCC(NC(=O)c1cnc(N2CC(C)C(CN3CCC(n4nc(N5CCCc6cc(-c7cnco7)c(C(F)F)cc65)c5c4CCN(C4OC4C)C5)CC3)C(C)C2)nc1)C(C)(C)[C@H](CC)Oc1ccc(C#N)c(Cl)c1. The van der Waals surface area contributed by atoms with Gasteiger partial charge in [0.2, 0.25) is 5.95 Å². The van der Waals surface area contributed by atoms with Gasteiger partial charge in [0, 0.05) is 117 Å². The van der Waals surface area contributed by atoms with Crippen molar-refractivity contribution in [3.8, 4) is 23.1 Å². The van der Waals surface area contributed by atoms with Gasteiger partial charge in [0.15, 0.2) is 18.0 Å². The number of alkyl halides is 2. The molecule has 3 fully saturated rings. The van der Waals surface area contributed by atoms with Crippen molar-refractivity contribution in [1.29, 1.82) is 5.26 Å². The lowest BCUT2D eigenvalue weighted by Crippen LogP contribution is -2.52. The number of ether oxygens (including phenoxy) is 2. The summed E-state index contributed by atoms with van der Waals surface area (Å²) in [5, 5.41) is 18.4. The number of benzene rings is 2. The molecule has 2 aromatic carbocycles. The number of anilines is 3. The zero-order valence-corrected chi connectivity index (χ0v) is 44.5. The number of aryl methyl sites for hydroxylation is 1. The Labute approximate surface area is 438 Å². The van der Waals surface area contributed by atoms with E-state index in [1.165, 1.54) is 23.8 Å². The fraction of sp³-hybridized carbons (Fsp3) is 0.571. The number of halogens is 3. The Kier molecular flexibility index (Phi) is 15.1. The van der Waals surface area contributed by atoms with Crippen molar-refractivity contribution in [1.82, 2.24) is 39.8 Å². The molecule has 5 unspecified atom stereocenters. The van der Waals surface area contributed by atoms with E-state index in [-0.39, 0.29) is 42.0 Å². The number of oxazole rings is 1. The van der Waals surface area contributed by atoms with Gasteiger partial charge < -0.3 is 33.9 Å². The van der Waals surface area contributed by atoms with E-state index in [1.807, 2.05) is 6.07 Å². The van der Waals surface area contributed by atoms with Crippen LogP contribution in [0.2, 0.25) is 5.02 Å². The summed E-state index contributed by atoms with van der Waals surface area (Å²) in [6.07, 6.45) is 9.33. The van der Waals surface area contributed by atoms with Crippen LogP contribution in [0.3, 0.4) is 0 Å². The third-order valence-corrected chi connectivity index (χ3v) is 17.2. The number of nitrogens with one attached hydrogen (secondary N) is 1. The van der Waals surface area contributed by atoms with Crippen LogP contribution >= 0.6 is 11.6 Å². The topological polar surface area (TPSA) is 157 Å². The third kappa shape index (κ3) is 10.4. The first-order chi connectivity index (χ1) is 35.6. The Hall–Kier alpha value is -5.67. The van der Waals surface area contributed by atoms with Gasteiger partial charge in [0.05, 0.1) is 34.5 Å². The van der Waals surface area contributed by atoms with E-state index in [9.17, 15) is 18.8 Å². The van der Waals surface area contributed by atoms with Gasteiger partial charge in [0.25, 0.3) is 12.3 Å². The molecule has 0 aliphatic carbocycles. The molecule has 0 radical (unpaired) electrons. The molecule has 394 valence electrons. The number of carbonyl (C=O) groups is 1. The quantitative estimate of drug-likeness (QED) is 0.0932. The van der Waals surface area contributed by atoms with Crippen molar-refractivity contribution in [2.45, 2.75) is 137 Å². The second-order valence-electron chi connectivity index (χ2n) is 22.0. The number of nitriles is 1. The van der Waals surface area contributed by atoms with Crippen molar-refractivity contribution in [2.24, 2.45) is 23.2 Å². The molecule has 10 rings (SSSR count). The number of nitrogens with zero attached hydrogens (tertiary/aromatic N) is 10. The van der Waals surface area contributed by atoms with Crippen LogP contribution in [-0.2, 0) is 24.1 Å². The van der Waals surface area contributed by atoms with Gasteiger partial charge in [-0.1, -0.05) is 53.1 Å². The first kappa shape index (κ1) is 51.8. The lowest BCUT2D eigenvalue weighted by atomic mass is 9.76. The molecule has 1 amide bonds. The summed E-state index contributed by atoms with van der Waals surface area (Å²) in [6, 6.07) is 10.7. The minimum Gasteiger partial charge on any atom is -0.490 e. The summed E-state index contributed by atoms with van der Waals surface area (Å²) in [7, 11) is 0. The number of fused-ring (bicyclic) bond motifs is 2. The average Bonchev–Trinajstić information content (AvgIpc) is 3.71. The molecule has 3 saturated heterocycles. The number of amides is 1. The molecule has 0 saturated carbocycles. The molecule has 18 heteroatoms.